The molecule has 0 unspecified atom stereocenters. The molecule has 0 aromatic heterocycles. The van der Waals surface area contributed by atoms with Crippen molar-refractivity contribution in [3.8, 4) is 11.1 Å². The molecule has 0 aliphatic heterocycles. The van der Waals surface area contributed by atoms with Crippen LogP contribution in [0.25, 0.3) is 11.1 Å². The first kappa shape index (κ1) is 21.2. The predicted octanol–water partition coefficient (Wildman–Crippen LogP) is 4.98. The second-order valence-electron chi connectivity index (χ2n) is 6.57. The third-order valence-corrected chi connectivity index (χ3v) is 5.27. The Morgan fingerprint density at radius 2 is 1.80 bits per heavy atom. The zero-order valence-corrected chi connectivity index (χ0v) is 17.8. The van der Waals surface area contributed by atoms with Gasteiger partial charge in [0, 0.05) is 17.1 Å². The van der Waals surface area contributed by atoms with Gasteiger partial charge in [-0.05, 0) is 35.2 Å². The summed E-state index contributed by atoms with van der Waals surface area (Å²) >= 11 is 3.38. The van der Waals surface area contributed by atoms with Crippen LogP contribution in [0, 0.1) is 22.4 Å². The summed E-state index contributed by atoms with van der Waals surface area (Å²) in [5.41, 5.74) is 6.99. The molecule has 0 heterocycles. The highest BCUT2D eigenvalue weighted by Gasteiger charge is 2.16. The molecule has 0 fully saturated rings. The van der Waals surface area contributed by atoms with Crippen molar-refractivity contribution in [2.75, 3.05) is 0 Å². The number of hydrazone groups is 1. The van der Waals surface area contributed by atoms with Crippen molar-refractivity contribution in [2.24, 2.45) is 5.10 Å². The molecule has 3 aromatic rings. The number of benzene rings is 3. The summed E-state index contributed by atoms with van der Waals surface area (Å²) in [6.45, 7) is 1.92. The van der Waals surface area contributed by atoms with Gasteiger partial charge in [-0.15, -0.1) is 0 Å². The van der Waals surface area contributed by atoms with E-state index in [0.717, 1.165) is 26.7 Å². The minimum Gasteiger partial charge on any atom is -0.351 e. The van der Waals surface area contributed by atoms with Gasteiger partial charge in [-0.3, -0.25) is 15.5 Å². The van der Waals surface area contributed by atoms with Gasteiger partial charge in [0.05, 0.1) is 16.7 Å². The van der Waals surface area contributed by atoms with Crippen LogP contribution in [0.3, 0.4) is 0 Å². The van der Waals surface area contributed by atoms with Gasteiger partial charge in [0.15, 0.2) is 0 Å². The summed E-state index contributed by atoms with van der Waals surface area (Å²) in [5, 5.41) is 26.0. The highest BCUT2D eigenvalue weighted by Crippen LogP contribution is 2.26. The molecule has 0 aliphatic rings. The molecule has 3 N–H and O–H groups in total. The van der Waals surface area contributed by atoms with Gasteiger partial charge in [0.25, 0.3) is 5.69 Å². The summed E-state index contributed by atoms with van der Waals surface area (Å²) in [6, 6.07) is 21.2. The lowest BCUT2D eigenvalue weighted by Crippen LogP contribution is -2.32. The van der Waals surface area contributed by atoms with Crippen LogP contribution < -0.4 is 10.7 Å². The number of halogens is 1. The Morgan fingerprint density at radius 3 is 2.47 bits per heavy atom. The number of nitro groups is 1. The fourth-order valence-corrected chi connectivity index (χ4v) is 3.20. The van der Waals surface area contributed by atoms with Gasteiger partial charge < -0.3 is 5.32 Å². The third-order valence-electron chi connectivity index (χ3n) is 4.42. The van der Waals surface area contributed by atoms with Gasteiger partial charge in [0.2, 0.25) is 5.96 Å². The SMILES string of the molecule is Cc1cc([N+](=O)[O-])c(CNC(=N)N/N=C/c2ccc(-c3ccccc3)cc2)cc1Br. The number of hydrogen-bond donors (Lipinski definition) is 3. The molecule has 8 heteroatoms. The van der Waals surface area contributed by atoms with Crippen molar-refractivity contribution >= 4 is 33.8 Å². The third kappa shape index (κ3) is 5.51. The molecular weight excluding hydrogens is 446 g/mol. The van der Waals surface area contributed by atoms with Crippen LogP contribution in [0.5, 0.6) is 0 Å². The number of guanidine groups is 1. The van der Waals surface area contributed by atoms with Crippen molar-refractivity contribution in [3.63, 3.8) is 0 Å². The monoisotopic (exact) mass is 465 g/mol. The maximum Gasteiger partial charge on any atom is 0.274 e. The minimum atomic E-state index is -0.426. The van der Waals surface area contributed by atoms with E-state index in [-0.39, 0.29) is 18.2 Å². The molecule has 30 heavy (non-hydrogen) atoms. The molecule has 0 aliphatic carbocycles. The highest BCUT2D eigenvalue weighted by molar-refractivity contribution is 9.10. The fraction of sp³-hybridized carbons (Fsp3) is 0.0909. The highest BCUT2D eigenvalue weighted by atomic mass is 79.9. The average Bonchev–Trinajstić information content (AvgIpc) is 2.75. The Morgan fingerprint density at radius 1 is 1.13 bits per heavy atom. The normalized spacial score (nSPS) is 10.7. The van der Waals surface area contributed by atoms with E-state index in [1.165, 1.54) is 6.07 Å². The molecule has 0 radical (unpaired) electrons. The second-order valence-corrected chi connectivity index (χ2v) is 7.43. The summed E-state index contributed by atoms with van der Waals surface area (Å²) in [5.74, 6) is -0.0573. The van der Waals surface area contributed by atoms with Gasteiger partial charge >= 0.3 is 0 Å². The van der Waals surface area contributed by atoms with Gasteiger partial charge in [-0.2, -0.15) is 5.10 Å². The second kappa shape index (κ2) is 9.80. The smallest absolute Gasteiger partial charge is 0.274 e. The molecule has 0 bridgehead atoms. The van der Waals surface area contributed by atoms with Crippen LogP contribution in [-0.2, 0) is 6.54 Å². The first-order chi connectivity index (χ1) is 14.4. The number of nitrogens with one attached hydrogen (secondary N) is 3. The first-order valence-electron chi connectivity index (χ1n) is 9.14. The van der Waals surface area contributed by atoms with Gasteiger partial charge in [0.1, 0.15) is 0 Å². The van der Waals surface area contributed by atoms with Crippen molar-refractivity contribution in [3.05, 3.63) is 98.0 Å². The molecule has 0 amide bonds. The lowest BCUT2D eigenvalue weighted by Gasteiger charge is -2.09. The molecule has 3 rings (SSSR count). The van der Waals surface area contributed by atoms with E-state index in [2.05, 4.69) is 43.9 Å². The van der Waals surface area contributed by atoms with Gasteiger partial charge in [-0.25, -0.2) is 5.43 Å². The molecule has 152 valence electrons. The van der Waals surface area contributed by atoms with Crippen LogP contribution in [-0.4, -0.2) is 17.1 Å². The van der Waals surface area contributed by atoms with E-state index < -0.39 is 4.92 Å². The Hall–Kier alpha value is -3.52. The number of aryl methyl sites for hydroxylation is 1. The van der Waals surface area contributed by atoms with E-state index in [1.54, 1.807) is 19.2 Å². The van der Waals surface area contributed by atoms with E-state index in [4.69, 9.17) is 5.41 Å². The standard InChI is InChI=1S/C22H20BrN5O2/c1-15-11-21(28(29)30)19(12-20(15)23)14-25-22(24)27-26-13-16-7-9-18(10-8-16)17-5-3-2-4-6-17/h2-13H,14H2,1H3,(H3,24,25,27)/b26-13+. The molecule has 0 spiro atoms. The Labute approximate surface area is 182 Å². The molecule has 0 atom stereocenters. The molecule has 3 aromatic carbocycles. The summed E-state index contributed by atoms with van der Waals surface area (Å²) < 4.78 is 0.779. The largest absolute Gasteiger partial charge is 0.351 e. The van der Waals surface area contributed by atoms with E-state index in [0.29, 0.717) is 5.56 Å². The lowest BCUT2D eigenvalue weighted by atomic mass is 10.0. The summed E-state index contributed by atoms with van der Waals surface area (Å²) in [7, 11) is 0. The molecule has 7 nitrogen and oxygen atoms in total. The van der Waals surface area contributed by atoms with Crippen molar-refractivity contribution in [1.82, 2.24) is 10.7 Å². The topological polar surface area (TPSA) is 103 Å². The van der Waals surface area contributed by atoms with E-state index in [1.807, 2.05) is 42.5 Å². The lowest BCUT2D eigenvalue weighted by molar-refractivity contribution is -0.385. The fourth-order valence-electron chi connectivity index (χ4n) is 2.81. The Balaban J connectivity index is 1.56. The number of nitro benzene ring substituents is 1. The van der Waals surface area contributed by atoms with E-state index in [9.17, 15) is 10.1 Å². The number of rotatable bonds is 6. The zero-order valence-electron chi connectivity index (χ0n) is 16.2. The molecular formula is C22H20BrN5O2. The summed E-state index contributed by atoms with van der Waals surface area (Å²) in [6.07, 6.45) is 1.61. The zero-order chi connectivity index (χ0) is 21.5. The van der Waals surface area contributed by atoms with Crippen molar-refractivity contribution in [2.45, 2.75) is 13.5 Å². The quantitative estimate of drug-likeness (QED) is 0.206. The van der Waals surface area contributed by atoms with Crippen LogP contribution in [0.2, 0.25) is 0 Å². The van der Waals surface area contributed by atoms with Crippen LogP contribution in [0.4, 0.5) is 5.69 Å². The van der Waals surface area contributed by atoms with Crippen LogP contribution in [0.15, 0.2) is 76.3 Å². The maximum absolute atomic E-state index is 11.2. The van der Waals surface area contributed by atoms with Crippen molar-refractivity contribution in [1.29, 1.82) is 5.41 Å². The predicted molar refractivity (Wildman–Crippen MR) is 123 cm³/mol. The number of nitrogens with zero attached hydrogens (tertiary/aromatic N) is 2. The minimum absolute atomic E-state index is 0.0120. The summed E-state index contributed by atoms with van der Waals surface area (Å²) in [4.78, 5) is 10.8. The molecule has 0 saturated carbocycles. The average molecular weight is 466 g/mol. The Kier molecular flexibility index (Phi) is 6.92. The van der Waals surface area contributed by atoms with Gasteiger partial charge in [-0.1, -0.05) is 70.5 Å². The first-order valence-corrected chi connectivity index (χ1v) is 9.94. The Bertz CT molecular complexity index is 1080. The van der Waals surface area contributed by atoms with Crippen molar-refractivity contribution < 1.29 is 4.92 Å². The molecule has 0 saturated heterocycles. The number of hydrogen-bond acceptors (Lipinski definition) is 4. The maximum atomic E-state index is 11.2. The van der Waals surface area contributed by atoms with Crippen LogP contribution >= 0.6 is 15.9 Å². The van der Waals surface area contributed by atoms with E-state index >= 15 is 0 Å². The van der Waals surface area contributed by atoms with Crippen LogP contribution in [0.1, 0.15) is 16.7 Å².